The van der Waals surface area contributed by atoms with Gasteiger partial charge in [0.15, 0.2) is 0 Å². The maximum absolute atomic E-state index is 9.62. The molecule has 1 aromatic carbocycles. The molecule has 2 aromatic heterocycles. The first-order valence-corrected chi connectivity index (χ1v) is 10.3. The van der Waals surface area contributed by atoms with Crippen LogP contribution < -0.4 is 0 Å². The van der Waals surface area contributed by atoms with Crippen molar-refractivity contribution in [3.63, 3.8) is 0 Å². The fraction of sp³-hybridized carbons (Fsp3) is 0.375. The van der Waals surface area contributed by atoms with Crippen LogP contribution in [-0.2, 0) is 26.1 Å². The Bertz CT molecular complexity index is 866. The van der Waals surface area contributed by atoms with Crippen molar-refractivity contribution in [1.82, 2.24) is 14.5 Å². The zero-order valence-corrected chi connectivity index (χ0v) is 16.4. The molecule has 3 heterocycles. The number of aliphatic hydroxyl groups excluding tert-OH is 1. The molecule has 0 spiro atoms. The maximum atomic E-state index is 9.62. The first-order chi connectivity index (χ1) is 13.8. The molecule has 28 heavy (non-hydrogen) atoms. The summed E-state index contributed by atoms with van der Waals surface area (Å²) in [6.45, 7) is 4.38. The fourth-order valence-electron chi connectivity index (χ4n) is 4.32. The third kappa shape index (κ3) is 4.51. The van der Waals surface area contributed by atoms with Crippen LogP contribution in [0.1, 0.15) is 41.1 Å². The van der Waals surface area contributed by atoms with E-state index in [-0.39, 0.29) is 6.61 Å². The Hall–Kier alpha value is -2.43. The lowest BCUT2D eigenvalue weighted by molar-refractivity contribution is 0.198. The van der Waals surface area contributed by atoms with Crippen LogP contribution in [0.3, 0.4) is 0 Å². The molecule has 1 aliphatic rings. The van der Waals surface area contributed by atoms with E-state index < -0.39 is 0 Å². The lowest BCUT2D eigenvalue weighted by Gasteiger charge is -2.33. The minimum Gasteiger partial charge on any atom is -0.392 e. The summed E-state index contributed by atoms with van der Waals surface area (Å²) in [7, 11) is 0. The van der Waals surface area contributed by atoms with Crippen LogP contribution in [0.2, 0.25) is 0 Å². The summed E-state index contributed by atoms with van der Waals surface area (Å²) in [6.07, 6.45) is 9.28. The van der Waals surface area contributed by atoms with Gasteiger partial charge in [-0.2, -0.15) is 0 Å². The van der Waals surface area contributed by atoms with Crippen molar-refractivity contribution in [2.45, 2.75) is 44.9 Å². The van der Waals surface area contributed by atoms with Crippen LogP contribution in [0.4, 0.5) is 0 Å². The fourth-order valence-corrected chi connectivity index (χ4v) is 4.32. The number of pyridine rings is 1. The van der Waals surface area contributed by atoms with Crippen LogP contribution in [0.25, 0.3) is 0 Å². The average molecular weight is 376 g/mol. The normalized spacial score (nSPS) is 15.8. The van der Waals surface area contributed by atoms with Gasteiger partial charge in [0.2, 0.25) is 0 Å². The Labute approximate surface area is 167 Å². The van der Waals surface area contributed by atoms with Gasteiger partial charge in [-0.05, 0) is 79.2 Å². The van der Waals surface area contributed by atoms with Crippen molar-refractivity contribution < 1.29 is 5.11 Å². The van der Waals surface area contributed by atoms with Gasteiger partial charge >= 0.3 is 0 Å². The molecule has 4 nitrogen and oxygen atoms in total. The first-order valence-electron chi connectivity index (χ1n) is 10.3. The van der Waals surface area contributed by atoms with Crippen molar-refractivity contribution in [3.05, 3.63) is 89.5 Å². The molecule has 1 N–H and O–H groups in total. The van der Waals surface area contributed by atoms with E-state index in [2.05, 4.69) is 63.1 Å². The second-order valence-electron chi connectivity index (χ2n) is 7.71. The first kappa shape index (κ1) is 18.9. The third-order valence-electron chi connectivity index (χ3n) is 5.95. The van der Waals surface area contributed by atoms with Gasteiger partial charge in [0, 0.05) is 37.4 Å². The van der Waals surface area contributed by atoms with E-state index >= 15 is 0 Å². The molecule has 1 saturated heterocycles. The molecule has 146 valence electrons. The Morgan fingerprint density at radius 2 is 1.75 bits per heavy atom. The van der Waals surface area contributed by atoms with Crippen LogP contribution >= 0.6 is 0 Å². The number of rotatable bonds is 7. The molecule has 0 atom stereocenters. The topological polar surface area (TPSA) is 41.3 Å². The van der Waals surface area contributed by atoms with Crippen LogP contribution in [0, 0.1) is 0 Å². The van der Waals surface area contributed by atoms with Gasteiger partial charge in [-0.1, -0.05) is 24.3 Å². The number of piperidine rings is 1. The van der Waals surface area contributed by atoms with Crippen LogP contribution in [0.15, 0.2) is 67.1 Å². The zero-order valence-electron chi connectivity index (χ0n) is 16.4. The van der Waals surface area contributed by atoms with Gasteiger partial charge in [0.25, 0.3) is 0 Å². The Morgan fingerprint density at radius 3 is 2.54 bits per heavy atom. The Balaban J connectivity index is 1.32. The highest BCUT2D eigenvalue weighted by Gasteiger charge is 2.22. The van der Waals surface area contributed by atoms with Gasteiger partial charge in [0.1, 0.15) is 0 Å². The summed E-state index contributed by atoms with van der Waals surface area (Å²) in [5.74, 6) is 0.568. The van der Waals surface area contributed by atoms with E-state index in [9.17, 15) is 5.11 Å². The minimum absolute atomic E-state index is 0.140. The second-order valence-corrected chi connectivity index (χ2v) is 7.71. The highest BCUT2D eigenvalue weighted by Crippen LogP contribution is 2.31. The van der Waals surface area contributed by atoms with Gasteiger partial charge in [0.05, 0.1) is 6.61 Å². The Morgan fingerprint density at radius 1 is 0.964 bits per heavy atom. The molecular formula is C24H29N3O. The molecule has 0 amide bonds. The maximum Gasteiger partial charge on any atom is 0.0684 e. The lowest BCUT2D eigenvalue weighted by atomic mass is 9.86. The number of aromatic nitrogens is 2. The summed E-state index contributed by atoms with van der Waals surface area (Å²) < 4.78 is 2.38. The molecular weight excluding hydrogens is 346 g/mol. The van der Waals surface area contributed by atoms with Crippen molar-refractivity contribution >= 4 is 0 Å². The van der Waals surface area contributed by atoms with Gasteiger partial charge in [-0.15, -0.1) is 0 Å². The zero-order chi connectivity index (χ0) is 19.2. The minimum atomic E-state index is 0.140. The monoisotopic (exact) mass is 375 g/mol. The number of nitrogens with zero attached hydrogens (tertiary/aromatic N) is 3. The second kappa shape index (κ2) is 9.18. The molecule has 0 bridgehead atoms. The van der Waals surface area contributed by atoms with Crippen LogP contribution in [-0.4, -0.2) is 32.6 Å². The summed E-state index contributed by atoms with van der Waals surface area (Å²) in [4.78, 5) is 6.66. The number of aliphatic hydroxyl groups is 1. The number of benzene rings is 1. The summed E-state index contributed by atoms with van der Waals surface area (Å²) in [5, 5.41) is 9.62. The average Bonchev–Trinajstić information content (AvgIpc) is 3.20. The van der Waals surface area contributed by atoms with E-state index in [1.165, 1.54) is 16.8 Å². The number of aryl methyl sites for hydroxylation is 2. The van der Waals surface area contributed by atoms with Gasteiger partial charge < -0.3 is 9.67 Å². The molecule has 0 unspecified atom stereocenters. The largest absolute Gasteiger partial charge is 0.392 e. The summed E-state index contributed by atoms with van der Waals surface area (Å²) >= 11 is 0. The predicted octanol–water partition coefficient (Wildman–Crippen LogP) is 4.00. The molecule has 0 saturated carbocycles. The van der Waals surface area contributed by atoms with Crippen molar-refractivity contribution in [1.29, 1.82) is 0 Å². The summed E-state index contributed by atoms with van der Waals surface area (Å²) in [5.41, 5.74) is 5.15. The third-order valence-corrected chi connectivity index (χ3v) is 5.95. The number of hydrogen-bond acceptors (Lipinski definition) is 3. The standard InChI is InChI=1S/C24H29N3O/c28-19-22-4-1-2-6-24(22)21-10-15-26(16-11-21)18-23-5-3-14-27(23)17-9-20-7-12-25-13-8-20/h1-8,12-14,21,28H,9-11,15-19H2. The molecule has 4 rings (SSSR count). The van der Waals surface area contributed by atoms with E-state index in [1.54, 1.807) is 0 Å². The molecule has 0 aliphatic carbocycles. The van der Waals surface area contributed by atoms with Crippen molar-refractivity contribution in [2.75, 3.05) is 13.1 Å². The highest BCUT2D eigenvalue weighted by molar-refractivity contribution is 5.30. The Kier molecular flexibility index (Phi) is 6.20. The smallest absolute Gasteiger partial charge is 0.0684 e. The van der Waals surface area contributed by atoms with E-state index in [0.717, 1.165) is 51.0 Å². The van der Waals surface area contributed by atoms with Crippen LogP contribution in [0.5, 0.6) is 0 Å². The SMILES string of the molecule is OCc1ccccc1C1CCN(Cc2cccn2CCc2ccncc2)CC1. The van der Waals surface area contributed by atoms with Crippen molar-refractivity contribution in [2.24, 2.45) is 0 Å². The van der Waals surface area contributed by atoms with Gasteiger partial charge in [-0.25, -0.2) is 0 Å². The molecule has 3 aromatic rings. The van der Waals surface area contributed by atoms with E-state index in [4.69, 9.17) is 0 Å². The molecule has 1 aliphatic heterocycles. The van der Waals surface area contributed by atoms with Gasteiger partial charge in [-0.3, -0.25) is 9.88 Å². The van der Waals surface area contributed by atoms with E-state index in [1.807, 2.05) is 18.5 Å². The summed E-state index contributed by atoms with van der Waals surface area (Å²) in [6, 6.07) is 17.0. The van der Waals surface area contributed by atoms with E-state index in [0.29, 0.717) is 5.92 Å². The molecule has 1 fully saturated rings. The quantitative estimate of drug-likeness (QED) is 0.679. The van der Waals surface area contributed by atoms with Crippen molar-refractivity contribution in [3.8, 4) is 0 Å². The predicted molar refractivity (Wildman–Crippen MR) is 112 cm³/mol. The molecule has 0 radical (unpaired) electrons. The molecule has 4 heteroatoms. The lowest BCUT2D eigenvalue weighted by Crippen LogP contribution is -2.33. The number of hydrogen-bond donors (Lipinski definition) is 1. The highest BCUT2D eigenvalue weighted by atomic mass is 16.3. The number of likely N-dealkylation sites (tertiary alicyclic amines) is 1.